The predicted molar refractivity (Wildman–Crippen MR) is 60.2 cm³/mol. The number of hydrogen-bond acceptors (Lipinski definition) is 4. The largest absolute Gasteiger partial charge is 0.497 e. The maximum atomic E-state index is 5.89. The van der Waals surface area contributed by atoms with Gasteiger partial charge in [0, 0.05) is 5.56 Å². The first-order chi connectivity index (χ1) is 7.61. The molecule has 1 fully saturated rings. The van der Waals surface area contributed by atoms with Crippen molar-refractivity contribution in [2.24, 2.45) is 5.73 Å². The van der Waals surface area contributed by atoms with Crippen LogP contribution >= 0.6 is 0 Å². The molecule has 0 aromatic heterocycles. The Bertz CT molecular complexity index is 338. The molecule has 4 heteroatoms. The van der Waals surface area contributed by atoms with Crippen molar-refractivity contribution >= 4 is 0 Å². The summed E-state index contributed by atoms with van der Waals surface area (Å²) in [5, 5.41) is 0. The van der Waals surface area contributed by atoms with Gasteiger partial charge in [-0.1, -0.05) is 12.1 Å². The third-order valence-corrected chi connectivity index (χ3v) is 2.52. The topological polar surface area (TPSA) is 53.7 Å². The third kappa shape index (κ3) is 2.52. The molecule has 0 saturated carbocycles. The highest BCUT2D eigenvalue weighted by atomic mass is 16.7. The fraction of sp³-hybridized carbons (Fsp3) is 0.500. The van der Waals surface area contributed by atoms with Gasteiger partial charge in [-0.15, -0.1) is 0 Å². The maximum Gasteiger partial charge on any atom is 0.183 e. The van der Waals surface area contributed by atoms with E-state index in [0.29, 0.717) is 13.2 Å². The molecule has 0 unspecified atom stereocenters. The predicted octanol–water partition coefficient (Wildman–Crippen LogP) is 1.46. The van der Waals surface area contributed by atoms with Crippen molar-refractivity contribution in [2.75, 3.05) is 20.3 Å². The monoisotopic (exact) mass is 223 g/mol. The summed E-state index contributed by atoms with van der Waals surface area (Å²) in [6.45, 7) is 2.92. The summed E-state index contributed by atoms with van der Waals surface area (Å²) in [5.74, 6) is 0.822. The van der Waals surface area contributed by atoms with Gasteiger partial charge in [-0.2, -0.15) is 0 Å². The van der Waals surface area contributed by atoms with Crippen molar-refractivity contribution in [1.29, 1.82) is 0 Å². The number of nitrogens with two attached hydrogens (primary N) is 1. The minimum absolute atomic E-state index is 0.317. The zero-order valence-corrected chi connectivity index (χ0v) is 9.60. The molecule has 1 heterocycles. The molecule has 0 aliphatic carbocycles. The molecule has 1 aromatic rings. The van der Waals surface area contributed by atoms with Gasteiger partial charge < -0.3 is 19.9 Å². The molecular weight excluding hydrogens is 206 g/mol. The van der Waals surface area contributed by atoms with Crippen molar-refractivity contribution in [3.63, 3.8) is 0 Å². The van der Waals surface area contributed by atoms with Crippen molar-refractivity contribution in [1.82, 2.24) is 0 Å². The summed E-state index contributed by atoms with van der Waals surface area (Å²) >= 11 is 0. The van der Waals surface area contributed by atoms with Crippen LogP contribution < -0.4 is 10.5 Å². The van der Waals surface area contributed by atoms with Gasteiger partial charge in [0.1, 0.15) is 5.75 Å². The van der Waals surface area contributed by atoms with Gasteiger partial charge in [-0.3, -0.25) is 0 Å². The van der Waals surface area contributed by atoms with E-state index in [1.54, 1.807) is 7.11 Å². The van der Waals surface area contributed by atoms with E-state index in [0.717, 1.165) is 11.3 Å². The van der Waals surface area contributed by atoms with Gasteiger partial charge >= 0.3 is 0 Å². The highest BCUT2D eigenvalue weighted by Gasteiger charge is 2.29. The second kappa shape index (κ2) is 4.41. The van der Waals surface area contributed by atoms with Gasteiger partial charge in [0.05, 0.1) is 25.9 Å². The lowest BCUT2D eigenvalue weighted by atomic mass is 10.1. The molecule has 0 spiro atoms. The van der Waals surface area contributed by atoms with E-state index in [-0.39, 0.29) is 11.8 Å². The van der Waals surface area contributed by atoms with E-state index < -0.39 is 0 Å². The number of methoxy groups -OCH3 is 1. The standard InChI is InChI=1S/C12H17NO3/c1-12(13)7-15-11(16-8-12)9-3-5-10(14-2)6-4-9/h3-6,11H,7-8,13H2,1-2H3. The minimum Gasteiger partial charge on any atom is -0.497 e. The van der Waals surface area contributed by atoms with Crippen molar-refractivity contribution < 1.29 is 14.2 Å². The van der Waals surface area contributed by atoms with Gasteiger partial charge in [-0.25, -0.2) is 0 Å². The highest BCUT2D eigenvalue weighted by Crippen LogP contribution is 2.26. The lowest BCUT2D eigenvalue weighted by Gasteiger charge is -2.34. The smallest absolute Gasteiger partial charge is 0.183 e. The van der Waals surface area contributed by atoms with Crippen molar-refractivity contribution in [3.05, 3.63) is 29.8 Å². The molecule has 1 aliphatic rings. The number of hydrogen-bond donors (Lipinski definition) is 1. The van der Waals surface area contributed by atoms with E-state index in [9.17, 15) is 0 Å². The van der Waals surface area contributed by atoms with E-state index in [2.05, 4.69) is 0 Å². The zero-order chi connectivity index (χ0) is 11.6. The highest BCUT2D eigenvalue weighted by molar-refractivity contribution is 5.28. The molecule has 0 bridgehead atoms. The fourth-order valence-electron chi connectivity index (χ4n) is 1.58. The second-order valence-corrected chi connectivity index (χ2v) is 4.38. The third-order valence-electron chi connectivity index (χ3n) is 2.52. The van der Waals surface area contributed by atoms with Crippen molar-refractivity contribution in [3.8, 4) is 5.75 Å². The quantitative estimate of drug-likeness (QED) is 0.824. The summed E-state index contributed by atoms with van der Waals surface area (Å²) in [5.41, 5.74) is 6.49. The van der Waals surface area contributed by atoms with Crippen LogP contribution in [-0.4, -0.2) is 25.9 Å². The Labute approximate surface area is 95.3 Å². The van der Waals surface area contributed by atoms with Crippen LogP contribution in [0.15, 0.2) is 24.3 Å². The van der Waals surface area contributed by atoms with Crippen LogP contribution in [-0.2, 0) is 9.47 Å². The normalized spacial score (nSPS) is 30.1. The van der Waals surface area contributed by atoms with E-state index in [1.807, 2.05) is 31.2 Å². The van der Waals surface area contributed by atoms with Crippen LogP contribution in [0.4, 0.5) is 0 Å². The van der Waals surface area contributed by atoms with E-state index >= 15 is 0 Å². The fourth-order valence-corrected chi connectivity index (χ4v) is 1.58. The molecule has 1 aliphatic heterocycles. The van der Waals surface area contributed by atoms with E-state index in [4.69, 9.17) is 19.9 Å². The van der Waals surface area contributed by atoms with Gasteiger partial charge in [0.25, 0.3) is 0 Å². The lowest BCUT2D eigenvalue weighted by molar-refractivity contribution is -0.208. The summed E-state index contributed by atoms with van der Waals surface area (Å²) in [6.07, 6.45) is -0.317. The van der Waals surface area contributed by atoms with Crippen LogP contribution in [0.2, 0.25) is 0 Å². The Kier molecular flexibility index (Phi) is 3.14. The molecule has 0 atom stereocenters. The van der Waals surface area contributed by atoms with E-state index in [1.165, 1.54) is 0 Å². The molecule has 1 saturated heterocycles. The van der Waals surface area contributed by atoms with Crippen LogP contribution in [0.5, 0.6) is 5.75 Å². The van der Waals surface area contributed by atoms with Crippen LogP contribution in [0, 0.1) is 0 Å². The SMILES string of the molecule is COc1ccc(C2OCC(C)(N)CO2)cc1. The Morgan fingerprint density at radius 2 is 1.81 bits per heavy atom. The Morgan fingerprint density at radius 1 is 1.25 bits per heavy atom. The first-order valence-corrected chi connectivity index (χ1v) is 5.27. The number of benzene rings is 1. The average molecular weight is 223 g/mol. The number of ether oxygens (including phenoxy) is 3. The van der Waals surface area contributed by atoms with Gasteiger partial charge in [0.2, 0.25) is 0 Å². The maximum absolute atomic E-state index is 5.89. The minimum atomic E-state index is -0.386. The summed E-state index contributed by atoms with van der Waals surface area (Å²) in [4.78, 5) is 0. The summed E-state index contributed by atoms with van der Waals surface area (Å²) in [7, 11) is 1.64. The summed E-state index contributed by atoms with van der Waals surface area (Å²) in [6, 6.07) is 7.64. The molecule has 0 radical (unpaired) electrons. The second-order valence-electron chi connectivity index (χ2n) is 4.38. The molecule has 1 aromatic carbocycles. The number of rotatable bonds is 2. The molecule has 16 heavy (non-hydrogen) atoms. The molecule has 4 nitrogen and oxygen atoms in total. The molecule has 88 valence electrons. The Morgan fingerprint density at radius 3 is 2.31 bits per heavy atom. The zero-order valence-electron chi connectivity index (χ0n) is 9.60. The van der Waals surface area contributed by atoms with Crippen LogP contribution in [0.3, 0.4) is 0 Å². The molecule has 0 amide bonds. The van der Waals surface area contributed by atoms with Gasteiger partial charge in [0.15, 0.2) is 6.29 Å². The Balaban J connectivity index is 2.03. The molecule has 2 rings (SSSR count). The first-order valence-electron chi connectivity index (χ1n) is 5.27. The lowest BCUT2D eigenvalue weighted by Crippen LogP contribution is -2.49. The first kappa shape index (κ1) is 11.4. The average Bonchev–Trinajstić information content (AvgIpc) is 2.29. The molecule has 2 N–H and O–H groups in total. The molecular formula is C12H17NO3. The van der Waals surface area contributed by atoms with Crippen molar-refractivity contribution in [2.45, 2.75) is 18.8 Å². The van der Waals surface area contributed by atoms with Crippen LogP contribution in [0.1, 0.15) is 18.8 Å². The summed E-state index contributed by atoms with van der Waals surface area (Å²) < 4.78 is 16.2. The van der Waals surface area contributed by atoms with Gasteiger partial charge in [-0.05, 0) is 19.1 Å². The van der Waals surface area contributed by atoms with Crippen LogP contribution in [0.25, 0.3) is 0 Å². The Hall–Kier alpha value is -1.10.